The zero-order valence-corrected chi connectivity index (χ0v) is 13.7. The van der Waals surface area contributed by atoms with Gasteiger partial charge in [0.2, 0.25) is 0 Å². The monoisotopic (exact) mass is 309 g/mol. The van der Waals surface area contributed by atoms with Gasteiger partial charge in [-0.3, -0.25) is 4.79 Å². The van der Waals surface area contributed by atoms with Crippen LogP contribution in [0.2, 0.25) is 0 Å². The molecular formula is C16H23NO3S. The minimum Gasteiger partial charge on any atom is -0.444 e. The summed E-state index contributed by atoms with van der Waals surface area (Å²) in [5, 5.41) is 2.78. The van der Waals surface area contributed by atoms with Gasteiger partial charge in [-0.15, -0.1) is 0 Å². The number of hydrogen-bond acceptors (Lipinski definition) is 4. The minimum absolute atomic E-state index is 0.143. The van der Waals surface area contributed by atoms with E-state index in [1.54, 1.807) is 0 Å². The first-order valence-corrected chi connectivity index (χ1v) is 8.02. The number of alkyl carbamates (subject to hydrolysis) is 1. The molecule has 0 spiro atoms. The maximum Gasteiger partial charge on any atom is 0.407 e. The minimum atomic E-state index is -0.497. The molecule has 0 radical (unpaired) electrons. The lowest BCUT2D eigenvalue weighted by Crippen LogP contribution is -2.33. The van der Waals surface area contributed by atoms with Crippen molar-refractivity contribution in [1.29, 1.82) is 0 Å². The van der Waals surface area contributed by atoms with Crippen molar-refractivity contribution in [3.63, 3.8) is 0 Å². The van der Waals surface area contributed by atoms with Gasteiger partial charge in [0.1, 0.15) is 5.60 Å². The topological polar surface area (TPSA) is 55.4 Å². The van der Waals surface area contributed by atoms with Crippen LogP contribution in [0.3, 0.4) is 0 Å². The highest BCUT2D eigenvalue weighted by molar-refractivity contribution is 8.13. The second-order valence-electron chi connectivity index (χ2n) is 5.63. The first kappa shape index (κ1) is 17.6. The number of ether oxygens (including phenoxy) is 1. The number of amides is 1. The molecule has 1 amide bonds. The van der Waals surface area contributed by atoms with E-state index in [0.29, 0.717) is 18.7 Å². The van der Waals surface area contributed by atoms with Crippen molar-refractivity contribution in [3.8, 4) is 0 Å². The standard InChI is InChI=1S/C16H23NO3S/c1-16(2,3)20-15(19)17-11-12-21-14(18)10-9-13-7-5-4-6-8-13/h4-8H,9-12H2,1-3H3,(H,17,19). The van der Waals surface area contributed by atoms with E-state index < -0.39 is 11.7 Å². The molecule has 0 aromatic heterocycles. The average Bonchev–Trinajstić information content (AvgIpc) is 2.40. The second-order valence-corrected chi connectivity index (χ2v) is 6.79. The zero-order chi connectivity index (χ0) is 15.7. The molecule has 5 heteroatoms. The summed E-state index contributed by atoms with van der Waals surface area (Å²) in [6, 6.07) is 9.93. The first-order chi connectivity index (χ1) is 9.87. The molecule has 0 fully saturated rings. The van der Waals surface area contributed by atoms with E-state index >= 15 is 0 Å². The quantitative estimate of drug-likeness (QED) is 0.818. The fourth-order valence-electron chi connectivity index (χ4n) is 1.60. The lowest BCUT2D eigenvalue weighted by molar-refractivity contribution is -0.110. The molecule has 0 atom stereocenters. The fourth-order valence-corrected chi connectivity index (χ4v) is 2.27. The van der Waals surface area contributed by atoms with Crippen molar-refractivity contribution < 1.29 is 14.3 Å². The summed E-state index contributed by atoms with van der Waals surface area (Å²) < 4.78 is 5.11. The van der Waals surface area contributed by atoms with Gasteiger partial charge in [0.05, 0.1) is 0 Å². The van der Waals surface area contributed by atoms with Gasteiger partial charge < -0.3 is 10.1 Å². The van der Waals surface area contributed by atoms with E-state index in [0.717, 1.165) is 6.42 Å². The van der Waals surface area contributed by atoms with Crippen LogP contribution in [0.1, 0.15) is 32.8 Å². The molecule has 0 unspecified atom stereocenters. The Labute approximate surface area is 130 Å². The lowest BCUT2D eigenvalue weighted by Gasteiger charge is -2.19. The highest BCUT2D eigenvalue weighted by atomic mass is 32.2. The van der Waals surface area contributed by atoms with E-state index in [4.69, 9.17) is 4.74 Å². The summed E-state index contributed by atoms with van der Waals surface area (Å²) in [6.45, 7) is 5.87. The first-order valence-electron chi connectivity index (χ1n) is 7.03. The Hall–Kier alpha value is -1.49. The van der Waals surface area contributed by atoms with Crippen molar-refractivity contribution in [3.05, 3.63) is 35.9 Å². The molecule has 0 aliphatic rings. The molecule has 1 aromatic rings. The maximum atomic E-state index is 11.7. The zero-order valence-electron chi connectivity index (χ0n) is 12.8. The van der Waals surface area contributed by atoms with Crippen molar-refractivity contribution in [2.45, 2.75) is 39.2 Å². The number of hydrogen-bond donors (Lipinski definition) is 1. The van der Waals surface area contributed by atoms with Gasteiger partial charge in [0, 0.05) is 18.7 Å². The Morgan fingerprint density at radius 1 is 1.19 bits per heavy atom. The van der Waals surface area contributed by atoms with E-state index in [1.165, 1.54) is 17.3 Å². The van der Waals surface area contributed by atoms with E-state index in [1.807, 2.05) is 51.1 Å². The maximum absolute atomic E-state index is 11.7. The van der Waals surface area contributed by atoms with Crippen LogP contribution in [0.15, 0.2) is 30.3 Å². The van der Waals surface area contributed by atoms with Crippen LogP contribution in [0.25, 0.3) is 0 Å². The Kier molecular flexibility index (Phi) is 7.29. The predicted octanol–water partition coefficient (Wildman–Crippen LogP) is 3.40. The largest absolute Gasteiger partial charge is 0.444 e. The molecular weight excluding hydrogens is 286 g/mol. The van der Waals surface area contributed by atoms with E-state index in [9.17, 15) is 9.59 Å². The van der Waals surface area contributed by atoms with Gasteiger partial charge in [-0.05, 0) is 32.8 Å². The van der Waals surface area contributed by atoms with Crippen molar-refractivity contribution in [2.75, 3.05) is 12.3 Å². The fraction of sp³-hybridized carbons (Fsp3) is 0.500. The molecule has 0 aliphatic carbocycles. The summed E-state index contributed by atoms with van der Waals surface area (Å²) in [5.41, 5.74) is 0.668. The Balaban J connectivity index is 2.10. The number of benzene rings is 1. The number of rotatable bonds is 6. The summed E-state index contributed by atoms with van der Waals surface area (Å²) in [7, 11) is 0. The molecule has 1 N–H and O–H groups in total. The van der Waals surface area contributed by atoms with Crippen LogP contribution in [-0.2, 0) is 16.0 Å². The molecule has 4 nitrogen and oxygen atoms in total. The number of thioether (sulfide) groups is 1. The molecule has 0 saturated heterocycles. The lowest BCUT2D eigenvalue weighted by atomic mass is 10.1. The summed E-state index contributed by atoms with van der Waals surface area (Å²) in [6.07, 6.45) is 0.827. The molecule has 1 aromatic carbocycles. The Morgan fingerprint density at radius 2 is 1.86 bits per heavy atom. The van der Waals surface area contributed by atoms with Crippen molar-refractivity contribution >= 4 is 23.0 Å². The van der Waals surface area contributed by atoms with Crippen LogP contribution >= 0.6 is 11.8 Å². The molecule has 0 saturated carbocycles. The summed E-state index contributed by atoms with van der Waals surface area (Å²) in [5.74, 6) is 0.562. The number of carbonyl (C=O) groups excluding carboxylic acids is 2. The average molecular weight is 309 g/mol. The van der Waals surface area contributed by atoms with Gasteiger partial charge in [-0.25, -0.2) is 4.79 Å². The predicted molar refractivity (Wildman–Crippen MR) is 86.5 cm³/mol. The third-order valence-electron chi connectivity index (χ3n) is 2.49. The molecule has 21 heavy (non-hydrogen) atoms. The number of nitrogens with one attached hydrogen (secondary N) is 1. The van der Waals surface area contributed by atoms with Gasteiger partial charge in [-0.2, -0.15) is 0 Å². The Morgan fingerprint density at radius 3 is 2.48 bits per heavy atom. The third-order valence-corrected chi connectivity index (χ3v) is 3.43. The van der Waals surface area contributed by atoms with Crippen molar-refractivity contribution in [2.24, 2.45) is 0 Å². The van der Waals surface area contributed by atoms with Gasteiger partial charge in [-0.1, -0.05) is 42.1 Å². The van der Waals surface area contributed by atoms with Crippen LogP contribution in [-0.4, -0.2) is 29.1 Å². The van der Waals surface area contributed by atoms with E-state index in [-0.39, 0.29) is 5.12 Å². The molecule has 0 heterocycles. The smallest absolute Gasteiger partial charge is 0.407 e. The highest BCUT2D eigenvalue weighted by Gasteiger charge is 2.15. The SMILES string of the molecule is CC(C)(C)OC(=O)NCCSC(=O)CCc1ccccc1. The van der Waals surface area contributed by atoms with Gasteiger partial charge in [0.25, 0.3) is 0 Å². The molecule has 116 valence electrons. The number of aryl methyl sites for hydroxylation is 1. The second kappa shape index (κ2) is 8.72. The van der Waals surface area contributed by atoms with Crippen LogP contribution in [0.5, 0.6) is 0 Å². The highest BCUT2D eigenvalue weighted by Crippen LogP contribution is 2.10. The molecule has 0 aliphatic heterocycles. The molecule has 0 bridgehead atoms. The van der Waals surface area contributed by atoms with Crippen LogP contribution in [0, 0.1) is 0 Å². The Bertz CT molecular complexity index is 454. The number of carbonyl (C=O) groups is 2. The third kappa shape index (κ3) is 9.13. The van der Waals surface area contributed by atoms with E-state index in [2.05, 4.69) is 5.32 Å². The van der Waals surface area contributed by atoms with Crippen LogP contribution in [0.4, 0.5) is 4.79 Å². The normalized spacial score (nSPS) is 11.0. The summed E-state index contributed by atoms with van der Waals surface area (Å²) >= 11 is 1.25. The molecule has 1 rings (SSSR count). The van der Waals surface area contributed by atoms with Crippen LogP contribution < -0.4 is 5.32 Å². The van der Waals surface area contributed by atoms with Crippen molar-refractivity contribution in [1.82, 2.24) is 5.32 Å². The summed E-state index contributed by atoms with van der Waals surface area (Å²) in [4.78, 5) is 23.1. The van der Waals surface area contributed by atoms with Gasteiger partial charge >= 0.3 is 6.09 Å². The van der Waals surface area contributed by atoms with Gasteiger partial charge in [0.15, 0.2) is 5.12 Å².